The average molecular weight is 229 g/mol. The van der Waals surface area contributed by atoms with Crippen LogP contribution in [-0.2, 0) is 9.53 Å². The Morgan fingerprint density at radius 1 is 1.56 bits per heavy atom. The summed E-state index contributed by atoms with van der Waals surface area (Å²) in [4.78, 5) is 20.4. The number of esters is 1. The van der Waals surface area contributed by atoms with Gasteiger partial charge in [0.2, 0.25) is 11.6 Å². The number of carbonyl (C=O) groups excluding carboxylic acids is 1. The zero-order chi connectivity index (χ0) is 12.1. The van der Waals surface area contributed by atoms with Gasteiger partial charge in [-0.3, -0.25) is 10.1 Å². The minimum Gasteiger partial charge on any atom is -0.475 e. The molecule has 0 saturated carbocycles. The number of methoxy groups -OCH3 is 1. The van der Waals surface area contributed by atoms with Crippen molar-refractivity contribution in [2.45, 2.75) is 0 Å². The number of nitro groups is 1. The van der Waals surface area contributed by atoms with Crippen LogP contribution in [0.4, 0.5) is 10.1 Å². The highest BCUT2D eigenvalue weighted by molar-refractivity contribution is 5.71. The number of nitrogens with zero attached hydrogens (tertiary/aromatic N) is 1. The molecular weight excluding hydrogens is 221 g/mol. The summed E-state index contributed by atoms with van der Waals surface area (Å²) < 4.78 is 22.1. The Labute approximate surface area is 89.7 Å². The second kappa shape index (κ2) is 5.06. The molecule has 1 aromatic carbocycles. The molecule has 0 aliphatic carbocycles. The molecule has 0 heterocycles. The fourth-order valence-electron chi connectivity index (χ4n) is 0.985. The zero-order valence-electron chi connectivity index (χ0n) is 8.31. The second-order valence-electron chi connectivity index (χ2n) is 2.71. The first-order chi connectivity index (χ1) is 7.56. The van der Waals surface area contributed by atoms with Crippen LogP contribution in [0, 0.1) is 15.9 Å². The van der Waals surface area contributed by atoms with Gasteiger partial charge in [0.15, 0.2) is 6.61 Å². The number of nitro benzene ring substituents is 1. The molecule has 0 bridgehead atoms. The van der Waals surface area contributed by atoms with E-state index in [1.807, 2.05) is 0 Å². The maximum Gasteiger partial charge on any atom is 0.346 e. The van der Waals surface area contributed by atoms with Gasteiger partial charge in [-0.25, -0.2) is 4.79 Å². The molecule has 0 atom stereocenters. The summed E-state index contributed by atoms with van der Waals surface area (Å²) in [5.41, 5.74) is -0.800. The molecule has 0 fully saturated rings. The minimum absolute atomic E-state index is 0.310. The number of carbonyl (C=O) groups is 1. The number of rotatable bonds is 4. The molecule has 7 heteroatoms. The lowest BCUT2D eigenvalue weighted by Gasteiger charge is -2.05. The average Bonchev–Trinajstić information content (AvgIpc) is 2.25. The van der Waals surface area contributed by atoms with E-state index in [0.29, 0.717) is 0 Å². The molecule has 0 N–H and O–H groups in total. The largest absolute Gasteiger partial charge is 0.475 e. The van der Waals surface area contributed by atoms with Crippen LogP contribution in [0.1, 0.15) is 0 Å². The lowest BCUT2D eigenvalue weighted by atomic mass is 10.3. The molecule has 0 aliphatic heterocycles. The third kappa shape index (κ3) is 2.66. The third-order valence-corrected chi connectivity index (χ3v) is 1.71. The van der Waals surface area contributed by atoms with Gasteiger partial charge in [0.05, 0.1) is 12.0 Å². The summed E-state index contributed by atoms with van der Waals surface area (Å²) in [6.45, 7) is -0.513. The summed E-state index contributed by atoms with van der Waals surface area (Å²) in [5, 5.41) is 10.5. The highest BCUT2D eigenvalue weighted by atomic mass is 19.1. The molecule has 0 aliphatic rings. The SMILES string of the molecule is COC(=O)COc1cccc(F)c1[N+](=O)[O-]. The number of hydrogen-bond donors (Lipinski definition) is 0. The highest BCUT2D eigenvalue weighted by Gasteiger charge is 2.21. The predicted octanol–water partition coefficient (Wildman–Crippen LogP) is 1.29. The zero-order valence-corrected chi connectivity index (χ0v) is 8.31. The molecule has 0 aromatic heterocycles. The van der Waals surface area contributed by atoms with Gasteiger partial charge in [0.1, 0.15) is 0 Å². The van der Waals surface area contributed by atoms with Crippen LogP contribution in [-0.4, -0.2) is 24.6 Å². The van der Waals surface area contributed by atoms with E-state index < -0.39 is 29.0 Å². The molecule has 0 radical (unpaired) electrons. The van der Waals surface area contributed by atoms with Crippen molar-refractivity contribution in [2.24, 2.45) is 0 Å². The van der Waals surface area contributed by atoms with E-state index in [-0.39, 0.29) is 5.75 Å². The number of hydrogen-bond acceptors (Lipinski definition) is 5. The lowest BCUT2D eigenvalue weighted by molar-refractivity contribution is -0.388. The third-order valence-electron chi connectivity index (χ3n) is 1.71. The van der Waals surface area contributed by atoms with Crippen molar-refractivity contribution in [1.29, 1.82) is 0 Å². The minimum atomic E-state index is -1.02. The highest BCUT2D eigenvalue weighted by Crippen LogP contribution is 2.29. The van der Waals surface area contributed by atoms with E-state index in [4.69, 9.17) is 4.74 Å². The summed E-state index contributed by atoms with van der Waals surface area (Å²) in [6, 6.07) is 3.38. The van der Waals surface area contributed by atoms with Gasteiger partial charge in [0, 0.05) is 0 Å². The molecule has 0 spiro atoms. The van der Waals surface area contributed by atoms with Gasteiger partial charge >= 0.3 is 11.7 Å². The Kier molecular flexibility index (Phi) is 3.76. The van der Waals surface area contributed by atoms with Crippen molar-refractivity contribution >= 4 is 11.7 Å². The van der Waals surface area contributed by atoms with E-state index >= 15 is 0 Å². The monoisotopic (exact) mass is 229 g/mol. The van der Waals surface area contributed by atoms with Gasteiger partial charge in [-0.05, 0) is 12.1 Å². The Balaban J connectivity index is 2.91. The summed E-state index contributed by atoms with van der Waals surface area (Å²) >= 11 is 0. The molecule has 1 rings (SSSR count). The Hall–Kier alpha value is -2.18. The Morgan fingerprint density at radius 2 is 2.25 bits per heavy atom. The molecule has 86 valence electrons. The van der Waals surface area contributed by atoms with Crippen molar-refractivity contribution in [1.82, 2.24) is 0 Å². The molecule has 6 nitrogen and oxygen atoms in total. The Morgan fingerprint density at radius 3 is 2.81 bits per heavy atom. The quantitative estimate of drug-likeness (QED) is 0.441. The van der Waals surface area contributed by atoms with Crippen molar-refractivity contribution in [3.63, 3.8) is 0 Å². The van der Waals surface area contributed by atoms with Crippen LogP contribution in [0.3, 0.4) is 0 Å². The molecule has 0 unspecified atom stereocenters. The van der Waals surface area contributed by atoms with Crippen molar-refractivity contribution in [3.8, 4) is 5.75 Å². The lowest BCUT2D eigenvalue weighted by Crippen LogP contribution is -2.13. The maximum absolute atomic E-state index is 13.1. The van der Waals surface area contributed by atoms with E-state index in [0.717, 1.165) is 13.2 Å². The first-order valence-electron chi connectivity index (χ1n) is 4.18. The molecule has 16 heavy (non-hydrogen) atoms. The van der Waals surface area contributed by atoms with E-state index in [1.54, 1.807) is 0 Å². The fraction of sp³-hybridized carbons (Fsp3) is 0.222. The summed E-state index contributed by atoms with van der Waals surface area (Å²) in [6.07, 6.45) is 0. The number of benzene rings is 1. The molecule has 0 saturated heterocycles. The van der Waals surface area contributed by atoms with Crippen molar-refractivity contribution in [2.75, 3.05) is 13.7 Å². The molecule has 1 aromatic rings. The van der Waals surface area contributed by atoms with Gasteiger partial charge in [-0.1, -0.05) is 6.07 Å². The van der Waals surface area contributed by atoms with Crippen molar-refractivity contribution in [3.05, 3.63) is 34.1 Å². The van der Waals surface area contributed by atoms with Crippen LogP contribution in [0.25, 0.3) is 0 Å². The van der Waals surface area contributed by atoms with Crippen LogP contribution < -0.4 is 4.74 Å². The molecular formula is C9H8FNO5. The van der Waals surface area contributed by atoms with Crippen molar-refractivity contribution < 1.29 is 23.6 Å². The second-order valence-corrected chi connectivity index (χ2v) is 2.71. The summed E-state index contributed by atoms with van der Waals surface area (Å²) in [7, 11) is 1.14. The predicted molar refractivity (Wildman–Crippen MR) is 50.6 cm³/mol. The van der Waals surface area contributed by atoms with Crippen LogP contribution in [0.5, 0.6) is 5.75 Å². The topological polar surface area (TPSA) is 78.7 Å². The van der Waals surface area contributed by atoms with Gasteiger partial charge in [-0.15, -0.1) is 0 Å². The van der Waals surface area contributed by atoms with E-state index in [2.05, 4.69) is 4.74 Å². The van der Waals surface area contributed by atoms with Gasteiger partial charge in [0.25, 0.3) is 0 Å². The summed E-state index contributed by atoms with van der Waals surface area (Å²) in [5.74, 6) is -2.04. The van der Waals surface area contributed by atoms with Crippen LogP contribution >= 0.6 is 0 Å². The fourth-order valence-corrected chi connectivity index (χ4v) is 0.985. The normalized spacial score (nSPS) is 9.62. The van der Waals surface area contributed by atoms with E-state index in [1.165, 1.54) is 12.1 Å². The van der Waals surface area contributed by atoms with Gasteiger partial charge in [-0.2, -0.15) is 4.39 Å². The Bertz CT molecular complexity index is 420. The van der Waals surface area contributed by atoms with E-state index in [9.17, 15) is 19.3 Å². The van der Waals surface area contributed by atoms with Crippen LogP contribution in [0.15, 0.2) is 18.2 Å². The molecule has 0 amide bonds. The smallest absolute Gasteiger partial charge is 0.346 e. The first-order valence-corrected chi connectivity index (χ1v) is 4.18. The maximum atomic E-state index is 13.1. The standard InChI is InChI=1S/C9H8FNO5/c1-15-8(12)5-16-7-4-2-3-6(10)9(7)11(13)14/h2-4H,5H2,1H3. The number of halogens is 1. The number of para-hydroxylation sites is 1. The van der Waals surface area contributed by atoms with Crippen LogP contribution in [0.2, 0.25) is 0 Å². The number of ether oxygens (including phenoxy) is 2. The first kappa shape index (κ1) is 11.9. The van der Waals surface area contributed by atoms with Gasteiger partial charge < -0.3 is 9.47 Å².